The van der Waals surface area contributed by atoms with Crippen LogP contribution in [-0.2, 0) is 9.53 Å². The normalized spacial score (nSPS) is 18.2. The molecule has 124 valence electrons. The van der Waals surface area contributed by atoms with Gasteiger partial charge in [-0.3, -0.25) is 4.79 Å². The van der Waals surface area contributed by atoms with Crippen molar-refractivity contribution in [3.05, 3.63) is 0 Å². The minimum atomic E-state index is -0.182. The van der Waals surface area contributed by atoms with Crippen LogP contribution in [0.25, 0.3) is 0 Å². The number of esters is 1. The van der Waals surface area contributed by atoms with E-state index >= 15 is 0 Å². The molecule has 0 spiro atoms. The first-order valence-corrected chi connectivity index (χ1v) is 8.64. The Labute approximate surface area is 130 Å². The van der Waals surface area contributed by atoms with Gasteiger partial charge >= 0.3 is 5.97 Å². The Hall–Kier alpha value is -0.610. The third kappa shape index (κ3) is 7.82. The zero-order valence-electron chi connectivity index (χ0n) is 14.4. The number of rotatable bonds is 9. The maximum absolute atomic E-state index is 12.0. The largest absolute Gasteiger partial charge is 0.465 e. The molecule has 0 saturated heterocycles. The Bertz CT molecular complexity index is 289. The van der Waals surface area contributed by atoms with Gasteiger partial charge in [-0.25, -0.2) is 0 Å². The van der Waals surface area contributed by atoms with E-state index in [-0.39, 0.29) is 12.0 Å². The molecule has 1 N–H and O–H groups in total. The van der Waals surface area contributed by atoms with Crippen LogP contribution in [0.3, 0.4) is 0 Å². The summed E-state index contributed by atoms with van der Waals surface area (Å²) in [6.45, 7) is 8.55. The van der Waals surface area contributed by atoms with Gasteiger partial charge in [-0.2, -0.15) is 0 Å². The van der Waals surface area contributed by atoms with Crippen LogP contribution >= 0.6 is 0 Å². The summed E-state index contributed by atoms with van der Waals surface area (Å²) >= 11 is 0. The predicted molar refractivity (Wildman–Crippen MR) is 87.4 cm³/mol. The molecule has 0 bridgehead atoms. The monoisotopic (exact) mass is 298 g/mol. The lowest BCUT2D eigenvalue weighted by molar-refractivity contribution is -0.146. The van der Waals surface area contributed by atoms with Gasteiger partial charge in [-0.15, -0.1) is 0 Å². The third-order valence-corrected chi connectivity index (χ3v) is 4.20. The summed E-state index contributed by atoms with van der Waals surface area (Å²) in [4.78, 5) is 14.4. The predicted octanol–water partition coefficient (Wildman–Crippen LogP) is 2.82. The number of carbonyl (C=O) groups excluding carboxylic acids is 1. The van der Waals surface area contributed by atoms with Gasteiger partial charge in [0.15, 0.2) is 0 Å². The summed E-state index contributed by atoms with van der Waals surface area (Å²) in [7, 11) is 2.17. The Balaban J connectivity index is 2.34. The first-order chi connectivity index (χ1) is 10.0. The molecule has 4 nitrogen and oxygen atoms in total. The second-order valence-corrected chi connectivity index (χ2v) is 6.68. The van der Waals surface area contributed by atoms with Crippen molar-refractivity contribution in [3.8, 4) is 0 Å². The summed E-state index contributed by atoms with van der Waals surface area (Å²) in [6, 6.07) is 0.113. The van der Waals surface area contributed by atoms with Gasteiger partial charge in [0.2, 0.25) is 0 Å². The van der Waals surface area contributed by atoms with Gasteiger partial charge in [0.25, 0.3) is 0 Å². The Kier molecular flexibility index (Phi) is 8.93. The molecule has 0 heterocycles. The highest BCUT2D eigenvalue weighted by atomic mass is 16.5. The first-order valence-electron chi connectivity index (χ1n) is 8.64. The van der Waals surface area contributed by atoms with Gasteiger partial charge in [0.1, 0.15) is 6.04 Å². The third-order valence-electron chi connectivity index (χ3n) is 4.20. The van der Waals surface area contributed by atoms with Crippen molar-refractivity contribution < 1.29 is 9.53 Å². The molecule has 4 heteroatoms. The zero-order chi connectivity index (χ0) is 15.7. The van der Waals surface area contributed by atoms with E-state index in [2.05, 4.69) is 31.1 Å². The minimum absolute atomic E-state index is 0.114. The van der Waals surface area contributed by atoms with Crippen LogP contribution in [-0.4, -0.2) is 49.7 Å². The fourth-order valence-corrected chi connectivity index (χ4v) is 3.17. The van der Waals surface area contributed by atoms with Crippen molar-refractivity contribution >= 4 is 5.97 Å². The van der Waals surface area contributed by atoms with Crippen molar-refractivity contribution in [2.24, 2.45) is 5.92 Å². The first kappa shape index (κ1) is 18.4. The molecule has 1 unspecified atom stereocenters. The zero-order valence-corrected chi connectivity index (χ0v) is 14.4. The number of hydrogen-bond donors (Lipinski definition) is 1. The SMILES string of the molecule is CCOC(=O)C(CCN(C)CC1CCCCC1)NC(C)C. The molecule has 0 aromatic heterocycles. The van der Waals surface area contributed by atoms with Crippen LogP contribution in [0.4, 0.5) is 0 Å². The number of ether oxygens (including phenoxy) is 1. The molecule has 0 aromatic carbocycles. The van der Waals surface area contributed by atoms with E-state index in [9.17, 15) is 4.79 Å². The molecule has 0 aliphatic heterocycles. The van der Waals surface area contributed by atoms with Crippen LogP contribution in [0.5, 0.6) is 0 Å². The topological polar surface area (TPSA) is 41.6 Å². The van der Waals surface area contributed by atoms with Crippen molar-refractivity contribution in [3.63, 3.8) is 0 Å². The molecule has 1 atom stereocenters. The minimum Gasteiger partial charge on any atom is -0.465 e. The van der Waals surface area contributed by atoms with Crippen molar-refractivity contribution in [1.29, 1.82) is 0 Å². The van der Waals surface area contributed by atoms with Crippen LogP contribution in [0.15, 0.2) is 0 Å². The second kappa shape index (κ2) is 10.2. The van der Waals surface area contributed by atoms with Crippen molar-refractivity contribution in [2.45, 2.75) is 71.4 Å². The lowest BCUT2D eigenvalue weighted by atomic mass is 9.89. The highest BCUT2D eigenvalue weighted by Crippen LogP contribution is 2.24. The maximum Gasteiger partial charge on any atom is 0.323 e. The van der Waals surface area contributed by atoms with E-state index in [4.69, 9.17) is 4.74 Å². The van der Waals surface area contributed by atoms with Gasteiger partial charge < -0.3 is 15.0 Å². The van der Waals surface area contributed by atoms with E-state index in [1.807, 2.05) is 6.92 Å². The van der Waals surface area contributed by atoms with Gasteiger partial charge in [-0.1, -0.05) is 33.1 Å². The molecule has 1 rings (SSSR count). The summed E-state index contributed by atoms with van der Waals surface area (Å²) in [5.41, 5.74) is 0. The number of nitrogens with zero attached hydrogens (tertiary/aromatic N) is 1. The highest BCUT2D eigenvalue weighted by molar-refractivity contribution is 5.75. The molecule has 0 amide bonds. The van der Waals surface area contributed by atoms with Gasteiger partial charge in [0.05, 0.1) is 6.61 Å². The van der Waals surface area contributed by atoms with Gasteiger partial charge in [0, 0.05) is 12.6 Å². The summed E-state index contributed by atoms with van der Waals surface area (Å²) in [5, 5.41) is 3.32. The molecule has 1 aliphatic carbocycles. The lowest BCUT2D eigenvalue weighted by Crippen LogP contribution is -2.44. The number of hydrogen-bond acceptors (Lipinski definition) is 4. The summed E-state index contributed by atoms with van der Waals surface area (Å²) < 4.78 is 5.17. The number of nitrogens with one attached hydrogen (secondary N) is 1. The second-order valence-electron chi connectivity index (χ2n) is 6.68. The van der Waals surface area contributed by atoms with E-state index in [1.54, 1.807) is 0 Å². The molecular formula is C17H34N2O2. The van der Waals surface area contributed by atoms with E-state index in [0.717, 1.165) is 25.4 Å². The molecule has 0 aromatic rings. The molecule has 21 heavy (non-hydrogen) atoms. The lowest BCUT2D eigenvalue weighted by Gasteiger charge is -2.28. The average molecular weight is 298 g/mol. The number of carbonyl (C=O) groups is 1. The Morgan fingerprint density at radius 3 is 2.52 bits per heavy atom. The van der Waals surface area contributed by atoms with Gasteiger partial charge in [-0.05, 0) is 45.7 Å². The molecule has 1 saturated carbocycles. The highest BCUT2D eigenvalue weighted by Gasteiger charge is 2.21. The molecular weight excluding hydrogens is 264 g/mol. The van der Waals surface area contributed by atoms with Crippen LogP contribution in [0.1, 0.15) is 59.3 Å². The molecule has 0 radical (unpaired) electrons. The molecule has 1 fully saturated rings. The van der Waals surface area contributed by atoms with E-state index in [0.29, 0.717) is 12.6 Å². The van der Waals surface area contributed by atoms with E-state index < -0.39 is 0 Å². The Morgan fingerprint density at radius 1 is 1.29 bits per heavy atom. The average Bonchev–Trinajstić information content (AvgIpc) is 2.44. The maximum atomic E-state index is 12.0. The van der Waals surface area contributed by atoms with Crippen LogP contribution in [0, 0.1) is 5.92 Å². The fraction of sp³-hybridized carbons (Fsp3) is 0.941. The summed E-state index contributed by atoms with van der Waals surface area (Å²) in [5.74, 6) is 0.736. The standard InChI is InChI=1S/C17H34N2O2/c1-5-21-17(20)16(18-14(2)3)11-12-19(4)13-15-9-7-6-8-10-15/h14-16,18H,5-13H2,1-4H3. The smallest absolute Gasteiger partial charge is 0.323 e. The van der Waals surface area contributed by atoms with Crippen molar-refractivity contribution in [1.82, 2.24) is 10.2 Å². The quantitative estimate of drug-likeness (QED) is 0.665. The summed E-state index contributed by atoms with van der Waals surface area (Å²) in [6.07, 6.45) is 7.74. The molecule has 1 aliphatic rings. The Morgan fingerprint density at radius 2 is 1.95 bits per heavy atom. The van der Waals surface area contributed by atoms with E-state index in [1.165, 1.54) is 32.1 Å². The fourth-order valence-electron chi connectivity index (χ4n) is 3.17. The van der Waals surface area contributed by atoms with Crippen LogP contribution < -0.4 is 5.32 Å². The van der Waals surface area contributed by atoms with Crippen molar-refractivity contribution in [2.75, 3.05) is 26.7 Å². The van der Waals surface area contributed by atoms with Crippen LogP contribution in [0.2, 0.25) is 0 Å².